The van der Waals surface area contributed by atoms with E-state index in [1.54, 1.807) is 12.1 Å². The third-order valence-electron chi connectivity index (χ3n) is 3.55. The van der Waals surface area contributed by atoms with Crippen molar-refractivity contribution in [2.75, 3.05) is 11.1 Å². The average Bonchev–Trinajstić information content (AvgIpc) is 2.74. The van der Waals surface area contributed by atoms with E-state index >= 15 is 0 Å². The number of halogens is 1. The Morgan fingerprint density at radius 2 is 1.79 bits per heavy atom. The number of hydrogen-bond donors (Lipinski definition) is 2. The number of aromatic nitrogens is 2. The molecule has 29 heavy (non-hydrogen) atoms. The van der Waals surface area contributed by atoms with Gasteiger partial charge in [-0.05, 0) is 37.6 Å². The molecule has 6 heteroatoms. The summed E-state index contributed by atoms with van der Waals surface area (Å²) >= 11 is 6.31. The van der Waals surface area contributed by atoms with E-state index in [9.17, 15) is 0 Å². The molecule has 2 aromatic carbocycles. The summed E-state index contributed by atoms with van der Waals surface area (Å²) in [5.74, 6) is 1.72. The summed E-state index contributed by atoms with van der Waals surface area (Å²) in [5.41, 5.74) is 8.46. The topological polar surface area (TPSA) is 73.1 Å². The van der Waals surface area contributed by atoms with Gasteiger partial charge >= 0.3 is 0 Å². The number of hydrogen-bond acceptors (Lipinski definition) is 5. The number of ether oxygens (including phenoxy) is 1. The van der Waals surface area contributed by atoms with E-state index in [4.69, 9.17) is 22.1 Å². The van der Waals surface area contributed by atoms with Crippen molar-refractivity contribution in [3.05, 3.63) is 83.7 Å². The second-order valence-corrected chi connectivity index (χ2v) is 6.09. The maximum atomic E-state index is 6.31. The standard InChI is InChI=1S/C18H17ClN4O.C3H6.C2H6/c1-12-17(20)21-11-22-18(12)23-14-7-8-16(15(19)9-14)24-10-13-5-3-2-4-6-13;1-3-2;1-2/h2-9,11H,10H2,1H3,(H3,20,21,22,23);3H,1H2,2H3;1-2H3. The molecule has 0 atom stereocenters. The molecule has 1 heterocycles. The van der Waals surface area contributed by atoms with Crippen molar-refractivity contribution < 1.29 is 4.74 Å². The second-order valence-electron chi connectivity index (χ2n) is 5.69. The molecule has 0 saturated carbocycles. The maximum absolute atomic E-state index is 6.31. The minimum absolute atomic E-state index is 0.446. The normalized spacial score (nSPS) is 9.28. The van der Waals surface area contributed by atoms with Gasteiger partial charge in [0.25, 0.3) is 0 Å². The van der Waals surface area contributed by atoms with Crippen molar-refractivity contribution in [1.29, 1.82) is 0 Å². The average molecular weight is 413 g/mol. The lowest BCUT2D eigenvalue weighted by molar-refractivity contribution is 0.306. The molecule has 0 saturated heterocycles. The number of nitrogens with two attached hydrogens (primary N) is 1. The smallest absolute Gasteiger partial charge is 0.138 e. The molecule has 0 amide bonds. The first-order valence-electron chi connectivity index (χ1n) is 9.42. The van der Waals surface area contributed by atoms with Gasteiger partial charge in [-0.3, -0.25) is 0 Å². The van der Waals surface area contributed by atoms with E-state index in [-0.39, 0.29) is 0 Å². The fourth-order valence-corrected chi connectivity index (χ4v) is 2.39. The second kappa shape index (κ2) is 13.2. The third kappa shape index (κ3) is 7.84. The molecule has 3 aromatic rings. The minimum Gasteiger partial charge on any atom is -0.487 e. The van der Waals surface area contributed by atoms with E-state index in [2.05, 4.69) is 21.9 Å². The molecule has 1 aromatic heterocycles. The Hall–Kier alpha value is -3.05. The molecule has 154 valence electrons. The van der Waals surface area contributed by atoms with Gasteiger partial charge in [-0.2, -0.15) is 0 Å². The SMILES string of the molecule is C=CC.CC.Cc1c(N)ncnc1Nc1ccc(OCc2ccccc2)c(Cl)c1. The summed E-state index contributed by atoms with van der Waals surface area (Å²) in [5, 5.41) is 3.71. The van der Waals surface area contributed by atoms with Gasteiger partial charge in [-0.25, -0.2) is 9.97 Å². The lowest BCUT2D eigenvalue weighted by atomic mass is 10.2. The van der Waals surface area contributed by atoms with Gasteiger partial charge in [-0.15, -0.1) is 6.58 Å². The quantitative estimate of drug-likeness (QED) is 0.464. The molecule has 0 bridgehead atoms. The third-order valence-corrected chi connectivity index (χ3v) is 3.85. The van der Waals surface area contributed by atoms with Gasteiger partial charge in [0.2, 0.25) is 0 Å². The highest BCUT2D eigenvalue weighted by atomic mass is 35.5. The maximum Gasteiger partial charge on any atom is 0.138 e. The number of anilines is 3. The van der Waals surface area contributed by atoms with Gasteiger partial charge in [0.1, 0.15) is 30.3 Å². The molecule has 3 N–H and O–H groups in total. The van der Waals surface area contributed by atoms with Gasteiger partial charge in [0.15, 0.2) is 0 Å². The number of rotatable bonds is 5. The Balaban J connectivity index is 0.000000771. The zero-order chi connectivity index (χ0) is 21.6. The molecule has 0 radical (unpaired) electrons. The van der Waals surface area contributed by atoms with E-state index in [1.807, 2.05) is 70.2 Å². The molecule has 5 nitrogen and oxygen atoms in total. The highest BCUT2D eigenvalue weighted by Gasteiger charge is 2.07. The minimum atomic E-state index is 0.446. The molecule has 0 spiro atoms. The summed E-state index contributed by atoms with van der Waals surface area (Å²) in [6, 6.07) is 15.4. The molecule has 0 unspecified atom stereocenters. The van der Waals surface area contributed by atoms with Crippen molar-refractivity contribution in [3.8, 4) is 5.75 Å². The molecule has 0 aliphatic rings. The lowest BCUT2D eigenvalue weighted by Crippen LogP contribution is -2.02. The largest absolute Gasteiger partial charge is 0.487 e. The number of nitrogen functional groups attached to an aromatic ring is 1. The van der Waals surface area contributed by atoms with E-state index < -0.39 is 0 Å². The molecule has 0 aliphatic carbocycles. The molecule has 3 rings (SSSR count). The highest BCUT2D eigenvalue weighted by molar-refractivity contribution is 6.32. The summed E-state index contributed by atoms with van der Waals surface area (Å²) in [4.78, 5) is 8.13. The van der Waals surface area contributed by atoms with Crippen LogP contribution in [0.25, 0.3) is 0 Å². The number of allylic oxidation sites excluding steroid dienone is 1. The van der Waals surface area contributed by atoms with Gasteiger partial charge in [-0.1, -0.05) is 61.9 Å². The Morgan fingerprint density at radius 3 is 2.41 bits per heavy atom. The van der Waals surface area contributed by atoms with Crippen molar-refractivity contribution in [3.63, 3.8) is 0 Å². The zero-order valence-electron chi connectivity index (χ0n) is 17.4. The predicted molar refractivity (Wildman–Crippen MR) is 124 cm³/mol. The fraction of sp³-hybridized carbons (Fsp3) is 0.217. The van der Waals surface area contributed by atoms with Crippen molar-refractivity contribution >= 4 is 28.9 Å². The van der Waals surface area contributed by atoms with Crippen LogP contribution in [0, 0.1) is 6.92 Å². The van der Waals surface area contributed by atoms with Crippen LogP contribution in [0.5, 0.6) is 5.75 Å². The highest BCUT2D eigenvalue weighted by Crippen LogP contribution is 2.30. The Labute approximate surface area is 178 Å². The first-order chi connectivity index (χ1) is 14.0. The first kappa shape index (κ1) is 24.0. The van der Waals surface area contributed by atoms with Crippen LogP contribution in [0.1, 0.15) is 31.9 Å². The van der Waals surface area contributed by atoms with Crippen molar-refractivity contribution in [1.82, 2.24) is 9.97 Å². The van der Waals surface area contributed by atoms with Gasteiger partial charge in [0, 0.05) is 11.3 Å². The Kier molecular flexibility index (Phi) is 10.9. The molecular formula is C23H29ClN4O. The number of nitrogens with one attached hydrogen (secondary N) is 1. The molecule has 0 aliphatic heterocycles. The number of nitrogens with zero attached hydrogens (tertiary/aromatic N) is 2. The first-order valence-corrected chi connectivity index (χ1v) is 9.80. The predicted octanol–water partition coefficient (Wildman–Crippen LogP) is 6.56. The summed E-state index contributed by atoms with van der Waals surface area (Å²) < 4.78 is 5.77. The molecular weight excluding hydrogens is 384 g/mol. The zero-order valence-corrected chi connectivity index (χ0v) is 18.2. The van der Waals surface area contributed by atoms with Crippen LogP contribution in [0.15, 0.2) is 67.5 Å². The van der Waals surface area contributed by atoms with Crippen LogP contribution in [0.2, 0.25) is 5.02 Å². The lowest BCUT2D eigenvalue weighted by Gasteiger charge is -2.12. The summed E-state index contributed by atoms with van der Waals surface area (Å²) in [6.07, 6.45) is 3.17. The van der Waals surface area contributed by atoms with Crippen molar-refractivity contribution in [2.24, 2.45) is 0 Å². The van der Waals surface area contributed by atoms with Crippen LogP contribution >= 0.6 is 11.6 Å². The Bertz CT molecular complexity index is 885. The van der Waals surface area contributed by atoms with Crippen LogP contribution in [-0.2, 0) is 6.61 Å². The van der Waals surface area contributed by atoms with Crippen molar-refractivity contribution in [2.45, 2.75) is 34.3 Å². The summed E-state index contributed by atoms with van der Waals surface area (Å²) in [6.45, 7) is 11.6. The number of benzene rings is 2. The summed E-state index contributed by atoms with van der Waals surface area (Å²) in [7, 11) is 0. The van der Waals surface area contributed by atoms with Gasteiger partial charge in [0.05, 0.1) is 5.02 Å². The van der Waals surface area contributed by atoms with Crippen LogP contribution in [-0.4, -0.2) is 9.97 Å². The van der Waals surface area contributed by atoms with Crippen LogP contribution in [0.3, 0.4) is 0 Å². The van der Waals surface area contributed by atoms with Gasteiger partial charge < -0.3 is 15.8 Å². The van der Waals surface area contributed by atoms with Crippen LogP contribution < -0.4 is 15.8 Å². The Morgan fingerprint density at radius 1 is 1.14 bits per heavy atom. The van der Waals surface area contributed by atoms with Crippen LogP contribution in [0.4, 0.5) is 17.3 Å². The van der Waals surface area contributed by atoms with E-state index in [1.165, 1.54) is 6.33 Å². The van der Waals surface area contributed by atoms with E-state index in [0.717, 1.165) is 16.8 Å². The molecule has 0 fully saturated rings. The monoisotopic (exact) mass is 412 g/mol. The van der Waals surface area contributed by atoms with E-state index in [0.29, 0.717) is 29.0 Å². The fourth-order valence-electron chi connectivity index (χ4n) is 2.16.